The summed E-state index contributed by atoms with van der Waals surface area (Å²) >= 11 is 0. The number of pyridine rings is 1. The van der Waals surface area contributed by atoms with Crippen molar-refractivity contribution in [3.8, 4) is 5.82 Å². The van der Waals surface area contributed by atoms with Crippen molar-refractivity contribution < 1.29 is 19.0 Å². The number of hydrogen-bond donors (Lipinski definition) is 0. The largest absolute Gasteiger partial charge is 0.466 e. The monoisotopic (exact) mass is 568 g/mol. The Morgan fingerprint density at radius 2 is 1.98 bits per heavy atom. The van der Waals surface area contributed by atoms with Crippen molar-refractivity contribution in [3.05, 3.63) is 30.1 Å². The summed E-state index contributed by atoms with van der Waals surface area (Å²) in [5.74, 6) is 2.05. The van der Waals surface area contributed by atoms with Gasteiger partial charge in [-0.05, 0) is 63.1 Å². The molecular weight excluding hydrogens is 524 g/mol. The van der Waals surface area contributed by atoms with Crippen molar-refractivity contribution in [2.24, 2.45) is 5.92 Å². The van der Waals surface area contributed by atoms with Crippen LogP contribution in [0.5, 0.6) is 0 Å². The SMILES string of the molecule is CCOC(=O)C1CCC(c2cc(N3CCOC[C@H]3C)nc3c2cnn3-c2ccnn2COCC[Si](C)(C)C)CC1. The van der Waals surface area contributed by atoms with Crippen LogP contribution in [0.15, 0.2) is 24.5 Å². The highest BCUT2D eigenvalue weighted by molar-refractivity contribution is 6.76. The molecule has 0 spiro atoms. The molecule has 0 amide bonds. The van der Waals surface area contributed by atoms with Crippen LogP contribution in [-0.2, 0) is 25.7 Å². The molecule has 1 aliphatic carbocycles. The molecular formula is C29H44N6O4Si. The summed E-state index contributed by atoms with van der Waals surface area (Å²) in [6, 6.07) is 5.55. The van der Waals surface area contributed by atoms with E-state index in [1.807, 2.05) is 28.6 Å². The predicted octanol–water partition coefficient (Wildman–Crippen LogP) is 4.99. The predicted molar refractivity (Wildman–Crippen MR) is 158 cm³/mol. The Kier molecular flexibility index (Phi) is 8.91. The molecule has 10 nitrogen and oxygen atoms in total. The van der Waals surface area contributed by atoms with E-state index in [-0.39, 0.29) is 17.9 Å². The molecule has 1 aliphatic heterocycles. The van der Waals surface area contributed by atoms with Gasteiger partial charge in [-0.15, -0.1) is 0 Å². The summed E-state index contributed by atoms with van der Waals surface area (Å²) in [7, 11) is -1.17. The third-order valence-corrected chi connectivity index (χ3v) is 9.83. The molecule has 0 radical (unpaired) electrons. The van der Waals surface area contributed by atoms with Crippen LogP contribution in [0.4, 0.5) is 5.82 Å². The first-order valence-electron chi connectivity index (χ1n) is 14.7. The van der Waals surface area contributed by atoms with Crippen molar-refractivity contribution in [1.82, 2.24) is 24.5 Å². The van der Waals surface area contributed by atoms with Crippen LogP contribution >= 0.6 is 0 Å². The number of anilines is 1. The van der Waals surface area contributed by atoms with E-state index in [1.165, 1.54) is 5.56 Å². The van der Waals surface area contributed by atoms with E-state index in [9.17, 15) is 4.79 Å². The fraction of sp³-hybridized carbons (Fsp3) is 0.655. The lowest BCUT2D eigenvalue weighted by molar-refractivity contribution is -0.149. The number of carbonyl (C=O) groups is 1. The maximum atomic E-state index is 12.4. The third kappa shape index (κ3) is 6.42. The lowest BCUT2D eigenvalue weighted by Gasteiger charge is -2.35. The molecule has 11 heteroatoms. The summed E-state index contributed by atoms with van der Waals surface area (Å²) in [4.78, 5) is 19.9. The fourth-order valence-electron chi connectivity index (χ4n) is 5.77. The highest BCUT2D eigenvalue weighted by Gasteiger charge is 2.31. The average Bonchev–Trinajstić information content (AvgIpc) is 3.57. The number of ether oxygens (including phenoxy) is 3. The smallest absolute Gasteiger partial charge is 0.308 e. The molecule has 0 bridgehead atoms. The van der Waals surface area contributed by atoms with Gasteiger partial charge in [-0.25, -0.2) is 9.67 Å². The van der Waals surface area contributed by atoms with E-state index in [4.69, 9.17) is 24.3 Å². The summed E-state index contributed by atoms with van der Waals surface area (Å²) in [5, 5.41) is 10.4. The zero-order valence-corrected chi connectivity index (χ0v) is 25.6. The molecule has 0 aromatic carbocycles. The van der Waals surface area contributed by atoms with E-state index in [0.29, 0.717) is 32.5 Å². The first-order chi connectivity index (χ1) is 19.2. The Hall–Kier alpha value is -2.76. The number of aromatic nitrogens is 5. The Labute approximate surface area is 238 Å². The number of carbonyl (C=O) groups excluding carboxylic acids is 1. The van der Waals surface area contributed by atoms with E-state index in [2.05, 4.69) is 42.6 Å². The second kappa shape index (κ2) is 12.4. The summed E-state index contributed by atoms with van der Waals surface area (Å²) in [6.45, 7) is 14.8. The van der Waals surface area contributed by atoms with Gasteiger partial charge in [-0.2, -0.15) is 14.9 Å². The fourth-order valence-corrected chi connectivity index (χ4v) is 6.52. The van der Waals surface area contributed by atoms with Crippen molar-refractivity contribution >= 4 is 30.9 Å². The third-order valence-electron chi connectivity index (χ3n) is 8.13. The van der Waals surface area contributed by atoms with E-state index >= 15 is 0 Å². The van der Waals surface area contributed by atoms with Crippen molar-refractivity contribution in [1.29, 1.82) is 0 Å². The summed E-state index contributed by atoms with van der Waals surface area (Å²) in [6.07, 6.45) is 7.28. The van der Waals surface area contributed by atoms with Crippen LogP contribution in [0.1, 0.15) is 51.0 Å². The van der Waals surface area contributed by atoms with Crippen molar-refractivity contribution in [3.63, 3.8) is 0 Å². The molecule has 4 heterocycles. The Bertz CT molecular complexity index is 1290. The van der Waals surface area contributed by atoms with Gasteiger partial charge >= 0.3 is 5.97 Å². The molecule has 218 valence electrons. The van der Waals surface area contributed by atoms with Crippen molar-refractivity contribution in [2.75, 3.05) is 37.9 Å². The average molecular weight is 569 g/mol. The molecule has 5 rings (SSSR count). The maximum Gasteiger partial charge on any atom is 0.308 e. The van der Waals surface area contributed by atoms with Crippen LogP contribution in [-0.4, -0.2) is 77.6 Å². The van der Waals surface area contributed by atoms with Crippen LogP contribution in [0.3, 0.4) is 0 Å². The standard InChI is InChI=1S/C29H44N6O4Si/c1-6-39-29(36)23-9-7-22(8-10-23)24-17-26(33-13-14-37-19-21(33)2)32-28-25(24)18-31-35(28)27-11-12-30-34(27)20-38-15-16-40(3,4)5/h11-12,17-18,21-23H,6-10,13-16,19-20H2,1-5H3/t21-,22?,23?/m1/s1. The number of rotatable bonds is 10. The lowest BCUT2D eigenvalue weighted by Crippen LogP contribution is -2.44. The van der Waals surface area contributed by atoms with Gasteiger partial charge in [0.1, 0.15) is 12.5 Å². The topological polar surface area (TPSA) is 96.5 Å². The minimum Gasteiger partial charge on any atom is -0.466 e. The lowest BCUT2D eigenvalue weighted by atomic mass is 9.78. The van der Waals surface area contributed by atoms with Gasteiger partial charge in [0.25, 0.3) is 0 Å². The van der Waals surface area contributed by atoms with E-state index < -0.39 is 8.07 Å². The number of hydrogen-bond acceptors (Lipinski definition) is 8. The first kappa shape index (κ1) is 28.8. The number of esters is 1. The van der Waals surface area contributed by atoms with Gasteiger partial charge in [0, 0.05) is 32.7 Å². The number of nitrogens with zero attached hydrogens (tertiary/aromatic N) is 6. The van der Waals surface area contributed by atoms with Crippen LogP contribution in [0.25, 0.3) is 16.9 Å². The van der Waals surface area contributed by atoms with Crippen LogP contribution < -0.4 is 4.90 Å². The Morgan fingerprint density at radius 1 is 1.18 bits per heavy atom. The number of fused-ring (bicyclic) bond motifs is 1. The van der Waals surface area contributed by atoms with Gasteiger partial charge in [0.05, 0.1) is 44.2 Å². The number of morpholine rings is 1. The molecule has 1 saturated carbocycles. The zero-order chi connectivity index (χ0) is 28.3. The highest BCUT2D eigenvalue weighted by Crippen LogP contribution is 2.40. The molecule has 1 saturated heterocycles. The Morgan fingerprint density at radius 3 is 2.70 bits per heavy atom. The van der Waals surface area contributed by atoms with Gasteiger partial charge in [0.2, 0.25) is 0 Å². The molecule has 0 unspecified atom stereocenters. The van der Waals surface area contributed by atoms with E-state index in [1.54, 1.807) is 6.20 Å². The zero-order valence-electron chi connectivity index (χ0n) is 24.6. The van der Waals surface area contributed by atoms with Crippen molar-refractivity contribution in [2.45, 2.75) is 83.9 Å². The molecule has 3 aromatic rings. The molecule has 1 atom stereocenters. The summed E-state index contributed by atoms with van der Waals surface area (Å²) < 4.78 is 20.8. The maximum absolute atomic E-state index is 12.4. The molecule has 40 heavy (non-hydrogen) atoms. The van der Waals surface area contributed by atoms with Gasteiger partial charge < -0.3 is 19.1 Å². The van der Waals surface area contributed by atoms with Gasteiger partial charge in [-0.1, -0.05) is 19.6 Å². The second-order valence-electron chi connectivity index (χ2n) is 12.3. The molecule has 2 fully saturated rings. The van der Waals surface area contributed by atoms with Gasteiger partial charge in [0.15, 0.2) is 11.5 Å². The minimum absolute atomic E-state index is 0.00899. The first-order valence-corrected chi connectivity index (χ1v) is 18.5. The normalized spacial score (nSPS) is 22.1. The quantitative estimate of drug-likeness (QED) is 0.192. The molecule has 3 aromatic heterocycles. The van der Waals surface area contributed by atoms with Crippen LogP contribution in [0.2, 0.25) is 25.7 Å². The molecule has 0 N–H and O–H groups in total. The Balaban J connectivity index is 1.46. The molecule has 2 aliphatic rings. The highest BCUT2D eigenvalue weighted by atomic mass is 28.3. The minimum atomic E-state index is -1.17. The van der Waals surface area contributed by atoms with Gasteiger partial charge in [-0.3, -0.25) is 4.79 Å². The second-order valence-corrected chi connectivity index (χ2v) is 17.9. The summed E-state index contributed by atoms with van der Waals surface area (Å²) in [5.41, 5.74) is 2.08. The van der Waals surface area contributed by atoms with E-state index in [0.717, 1.165) is 67.5 Å². The van der Waals surface area contributed by atoms with Crippen LogP contribution in [0, 0.1) is 5.92 Å².